The molecule has 1 fully saturated rings. The highest BCUT2D eigenvalue weighted by Gasteiger charge is 2.24. The molecule has 0 saturated carbocycles. The molecular weight excluding hydrogens is 172 g/mol. The van der Waals surface area contributed by atoms with Crippen molar-refractivity contribution in [3.05, 3.63) is 0 Å². The fourth-order valence-corrected chi connectivity index (χ4v) is 1.23. The first-order valence-corrected chi connectivity index (χ1v) is 4.44. The van der Waals surface area contributed by atoms with Crippen LogP contribution in [0.2, 0.25) is 0 Å². The molecule has 0 aromatic carbocycles. The lowest BCUT2D eigenvalue weighted by Crippen LogP contribution is -2.48. The van der Waals surface area contributed by atoms with Gasteiger partial charge in [0.15, 0.2) is 0 Å². The van der Waals surface area contributed by atoms with Gasteiger partial charge in [0.05, 0.1) is 13.2 Å². The minimum Gasteiger partial charge on any atom is -0.395 e. The van der Waals surface area contributed by atoms with Crippen molar-refractivity contribution in [3.8, 4) is 0 Å². The minimum atomic E-state index is -0.384. The molecule has 0 bridgehead atoms. The first-order chi connectivity index (χ1) is 6.25. The molecule has 0 aromatic heterocycles. The molecule has 2 N–H and O–H groups in total. The van der Waals surface area contributed by atoms with Crippen molar-refractivity contribution in [1.82, 2.24) is 10.2 Å². The van der Waals surface area contributed by atoms with Crippen molar-refractivity contribution in [2.75, 3.05) is 39.9 Å². The molecule has 1 aliphatic heterocycles. The van der Waals surface area contributed by atoms with Gasteiger partial charge in [-0.15, -0.1) is 0 Å². The molecule has 1 aliphatic rings. The zero-order valence-corrected chi connectivity index (χ0v) is 7.82. The van der Waals surface area contributed by atoms with E-state index in [0.717, 1.165) is 6.54 Å². The molecule has 0 aromatic rings. The van der Waals surface area contributed by atoms with E-state index in [1.54, 1.807) is 7.05 Å². The summed E-state index contributed by atoms with van der Waals surface area (Å²) in [5.41, 5.74) is 0. The predicted octanol–water partition coefficient (Wildman–Crippen LogP) is -1.57. The number of morpholine rings is 1. The largest absolute Gasteiger partial charge is 0.395 e. The summed E-state index contributed by atoms with van der Waals surface area (Å²) in [5, 5.41) is 11.7. The Morgan fingerprint density at radius 3 is 3.08 bits per heavy atom. The van der Waals surface area contributed by atoms with Crippen LogP contribution in [0.25, 0.3) is 0 Å². The summed E-state index contributed by atoms with van der Waals surface area (Å²) >= 11 is 0. The van der Waals surface area contributed by atoms with Crippen LogP contribution in [-0.2, 0) is 9.53 Å². The molecule has 0 radical (unpaired) electrons. The molecule has 1 heterocycles. The second-order valence-electron chi connectivity index (χ2n) is 3.05. The minimum absolute atomic E-state index is 0.0115. The van der Waals surface area contributed by atoms with Crippen molar-refractivity contribution in [2.45, 2.75) is 6.10 Å². The summed E-state index contributed by atoms with van der Waals surface area (Å²) in [4.78, 5) is 13.0. The van der Waals surface area contributed by atoms with Crippen LogP contribution in [0.5, 0.6) is 0 Å². The molecule has 76 valence electrons. The summed E-state index contributed by atoms with van der Waals surface area (Å²) in [6.45, 7) is 2.28. The van der Waals surface area contributed by atoms with Gasteiger partial charge < -0.3 is 20.1 Å². The third-order valence-corrected chi connectivity index (χ3v) is 2.01. The van der Waals surface area contributed by atoms with Crippen molar-refractivity contribution < 1.29 is 14.6 Å². The number of nitrogens with one attached hydrogen (secondary N) is 1. The van der Waals surface area contributed by atoms with E-state index in [-0.39, 0.29) is 18.6 Å². The van der Waals surface area contributed by atoms with Crippen LogP contribution in [0, 0.1) is 0 Å². The molecule has 5 nitrogen and oxygen atoms in total. The Bertz CT molecular complexity index is 169. The summed E-state index contributed by atoms with van der Waals surface area (Å²) in [6.07, 6.45) is -0.384. The number of aliphatic hydroxyl groups is 1. The second kappa shape index (κ2) is 5.16. The number of carbonyl (C=O) groups excluding carboxylic acids is 1. The van der Waals surface area contributed by atoms with Gasteiger partial charge in [-0.05, 0) is 0 Å². The number of likely N-dealkylation sites (N-methyl/N-ethyl adjacent to an activating group) is 1. The van der Waals surface area contributed by atoms with E-state index in [0.29, 0.717) is 19.7 Å². The average Bonchev–Trinajstić information content (AvgIpc) is 2.18. The predicted molar refractivity (Wildman–Crippen MR) is 47.3 cm³/mol. The van der Waals surface area contributed by atoms with Gasteiger partial charge in [0.1, 0.15) is 6.10 Å². The summed E-state index contributed by atoms with van der Waals surface area (Å²) in [5.74, 6) is -0.0683. The van der Waals surface area contributed by atoms with Gasteiger partial charge in [0.25, 0.3) is 5.91 Å². The number of hydrogen-bond acceptors (Lipinski definition) is 4. The first kappa shape index (κ1) is 10.4. The Morgan fingerprint density at radius 2 is 2.54 bits per heavy atom. The maximum absolute atomic E-state index is 11.5. The third kappa shape index (κ3) is 2.95. The van der Waals surface area contributed by atoms with E-state index >= 15 is 0 Å². The van der Waals surface area contributed by atoms with Crippen LogP contribution in [0.4, 0.5) is 0 Å². The SMILES string of the molecule is CN(CCO)C(=O)C1CNCCO1. The Hall–Kier alpha value is -0.650. The van der Waals surface area contributed by atoms with E-state index in [9.17, 15) is 4.79 Å². The van der Waals surface area contributed by atoms with Gasteiger partial charge in [0, 0.05) is 26.7 Å². The van der Waals surface area contributed by atoms with Crippen molar-refractivity contribution >= 4 is 5.91 Å². The van der Waals surface area contributed by atoms with E-state index < -0.39 is 0 Å². The molecule has 0 aliphatic carbocycles. The molecule has 5 heteroatoms. The quantitative estimate of drug-likeness (QED) is 0.561. The monoisotopic (exact) mass is 188 g/mol. The normalized spacial score (nSPS) is 22.8. The van der Waals surface area contributed by atoms with Crippen LogP contribution >= 0.6 is 0 Å². The van der Waals surface area contributed by atoms with Gasteiger partial charge in [-0.1, -0.05) is 0 Å². The fourth-order valence-electron chi connectivity index (χ4n) is 1.23. The highest BCUT2D eigenvalue weighted by Crippen LogP contribution is 2.00. The lowest BCUT2D eigenvalue weighted by molar-refractivity contribution is -0.144. The van der Waals surface area contributed by atoms with Gasteiger partial charge >= 0.3 is 0 Å². The number of nitrogens with zero attached hydrogens (tertiary/aromatic N) is 1. The van der Waals surface area contributed by atoms with Gasteiger partial charge in [-0.3, -0.25) is 4.79 Å². The Morgan fingerprint density at radius 1 is 1.77 bits per heavy atom. The molecule has 1 unspecified atom stereocenters. The van der Waals surface area contributed by atoms with Crippen LogP contribution in [-0.4, -0.2) is 61.9 Å². The van der Waals surface area contributed by atoms with Crippen molar-refractivity contribution in [3.63, 3.8) is 0 Å². The molecule has 1 saturated heterocycles. The number of hydrogen-bond donors (Lipinski definition) is 2. The highest BCUT2D eigenvalue weighted by atomic mass is 16.5. The van der Waals surface area contributed by atoms with Crippen LogP contribution < -0.4 is 5.32 Å². The van der Waals surface area contributed by atoms with Crippen LogP contribution in [0.3, 0.4) is 0 Å². The smallest absolute Gasteiger partial charge is 0.252 e. The lowest BCUT2D eigenvalue weighted by atomic mass is 10.2. The van der Waals surface area contributed by atoms with E-state index in [1.165, 1.54) is 4.90 Å². The molecule has 1 amide bonds. The van der Waals surface area contributed by atoms with E-state index in [4.69, 9.17) is 9.84 Å². The molecule has 1 atom stereocenters. The van der Waals surface area contributed by atoms with Crippen molar-refractivity contribution in [2.24, 2.45) is 0 Å². The van der Waals surface area contributed by atoms with Crippen molar-refractivity contribution in [1.29, 1.82) is 0 Å². The topological polar surface area (TPSA) is 61.8 Å². The zero-order valence-electron chi connectivity index (χ0n) is 7.82. The van der Waals surface area contributed by atoms with E-state index in [2.05, 4.69) is 5.32 Å². The van der Waals surface area contributed by atoms with Gasteiger partial charge in [0.2, 0.25) is 0 Å². The maximum atomic E-state index is 11.5. The van der Waals surface area contributed by atoms with Gasteiger partial charge in [-0.2, -0.15) is 0 Å². The summed E-state index contributed by atoms with van der Waals surface area (Å²) in [7, 11) is 1.66. The number of ether oxygens (including phenoxy) is 1. The van der Waals surface area contributed by atoms with E-state index in [1.807, 2.05) is 0 Å². The van der Waals surface area contributed by atoms with Crippen LogP contribution in [0.1, 0.15) is 0 Å². The number of aliphatic hydroxyl groups excluding tert-OH is 1. The number of amides is 1. The highest BCUT2D eigenvalue weighted by molar-refractivity contribution is 5.81. The Balaban J connectivity index is 2.36. The van der Waals surface area contributed by atoms with Gasteiger partial charge in [-0.25, -0.2) is 0 Å². The first-order valence-electron chi connectivity index (χ1n) is 4.44. The molecule has 0 spiro atoms. The molecule has 1 rings (SSSR count). The standard InChI is InChI=1S/C8H16N2O3/c1-10(3-4-11)8(12)7-6-9-2-5-13-7/h7,9,11H,2-6H2,1H3. The molecule has 13 heavy (non-hydrogen) atoms. The fraction of sp³-hybridized carbons (Fsp3) is 0.875. The third-order valence-electron chi connectivity index (χ3n) is 2.01. The lowest BCUT2D eigenvalue weighted by Gasteiger charge is -2.26. The maximum Gasteiger partial charge on any atom is 0.252 e. The zero-order chi connectivity index (χ0) is 9.68. The molecular formula is C8H16N2O3. The summed E-state index contributed by atoms with van der Waals surface area (Å²) in [6, 6.07) is 0. The van der Waals surface area contributed by atoms with Crippen LogP contribution in [0.15, 0.2) is 0 Å². The number of carbonyl (C=O) groups is 1. The Labute approximate surface area is 77.7 Å². The average molecular weight is 188 g/mol. The number of rotatable bonds is 3. The Kier molecular flexibility index (Phi) is 4.14. The second-order valence-corrected chi connectivity index (χ2v) is 3.05. The summed E-state index contributed by atoms with van der Waals surface area (Å²) < 4.78 is 5.27.